The fourth-order valence-corrected chi connectivity index (χ4v) is 1.50. The largest absolute Gasteiger partial charge is 0.376 e. The van der Waals surface area contributed by atoms with Gasteiger partial charge in [-0.3, -0.25) is 4.79 Å². The number of anilines is 1. The standard InChI is InChI=1S/C11H16N2O2/c1-2-7-13(8-14)10-6-4-3-5-9(10)11(12)15/h3-6,14H,2,7-8H2,1H3,(H2,12,15). The summed E-state index contributed by atoms with van der Waals surface area (Å²) < 4.78 is 0. The number of hydrogen-bond donors (Lipinski definition) is 2. The quantitative estimate of drug-likeness (QED) is 0.708. The summed E-state index contributed by atoms with van der Waals surface area (Å²) in [5.74, 6) is -0.472. The van der Waals surface area contributed by atoms with Gasteiger partial charge in [0.25, 0.3) is 5.91 Å². The molecule has 1 rings (SSSR count). The molecule has 0 saturated heterocycles. The summed E-state index contributed by atoms with van der Waals surface area (Å²) in [7, 11) is 0. The first-order valence-electron chi connectivity index (χ1n) is 4.95. The zero-order chi connectivity index (χ0) is 11.3. The highest BCUT2D eigenvalue weighted by Gasteiger charge is 2.12. The lowest BCUT2D eigenvalue weighted by Gasteiger charge is -2.23. The number of nitrogens with two attached hydrogens (primary N) is 1. The summed E-state index contributed by atoms with van der Waals surface area (Å²) in [6, 6.07) is 7.02. The van der Waals surface area contributed by atoms with Crippen molar-refractivity contribution in [1.82, 2.24) is 0 Å². The molecule has 0 saturated carbocycles. The van der Waals surface area contributed by atoms with Crippen LogP contribution in [0.2, 0.25) is 0 Å². The SMILES string of the molecule is CCCN(CO)c1ccccc1C(N)=O. The van der Waals surface area contributed by atoms with Gasteiger partial charge in [0.2, 0.25) is 0 Å². The van der Waals surface area contributed by atoms with Crippen LogP contribution < -0.4 is 10.6 Å². The minimum absolute atomic E-state index is 0.113. The van der Waals surface area contributed by atoms with Gasteiger partial charge in [0.05, 0.1) is 11.3 Å². The molecule has 82 valence electrons. The van der Waals surface area contributed by atoms with E-state index in [9.17, 15) is 9.90 Å². The number of aliphatic hydroxyl groups excluding tert-OH is 1. The van der Waals surface area contributed by atoms with Crippen LogP contribution >= 0.6 is 0 Å². The van der Waals surface area contributed by atoms with Crippen molar-refractivity contribution in [2.24, 2.45) is 5.73 Å². The van der Waals surface area contributed by atoms with Crippen LogP contribution in [-0.4, -0.2) is 24.3 Å². The van der Waals surface area contributed by atoms with Crippen LogP contribution in [0, 0.1) is 0 Å². The summed E-state index contributed by atoms with van der Waals surface area (Å²) in [5.41, 5.74) is 6.39. The summed E-state index contributed by atoms with van der Waals surface area (Å²) in [6.07, 6.45) is 0.896. The van der Waals surface area contributed by atoms with E-state index in [0.29, 0.717) is 17.8 Å². The van der Waals surface area contributed by atoms with E-state index in [1.807, 2.05) is 13.0 Å². The van der Waals surface area contributed by atoms with Gasteiger partial charge >= 0.3 is 0 Å². The summed E-state index contributed by atoms with van der Waals surface area (Å²) in [4.78, 5) is 12.9. The number of hydrogen-bond acceptors (Lipinski definition) is 3. The average molecular weight is 208 g/mol. The Morgan fingerprint density at radius 1 is 1.47 bits per heavy atom. The van der Waals surface area contributed by atoms with Crippen LogP contribution in [0.3, 0.4) is 0 Å². The number of rotatable bonds is 5. The van der Waals surface area contributed by atoms with E-state index in [4.69, 9.17) is 5.73 Å². The Morgan fingerprint density at radius 2 is 2.13 bits per heavy atom. The molecule has 1 aromatic rings. The molecular formula is C11H16N2O2. The monoisotopic (exact) mass is 208 g/mol. The minimum Gasteiger partial charge on any atom is -0.376 e. The van der Waals surface area contributed by atoms with Crippen molar-refractivity contribution in [3.05, 3.63) is 29.8 Å². The Bertz CT molecular complexity index is 339. The van der Waals surface area contributed by atoms with Gasteiger partial charge in [0.1, 0.15) is 6.73 Å². The third-order valence-electron chi connectivity index (χ3n) is 2.17. The fraction of sp³-hybridized carbons (Fsp3) is 0.364. The lowest BCUT2D eigenvalue weighted by Crippen LogP contribution is -2.28. The molecule has 0 spiro atoms. The molecule has 0 radical (unpaired) electrons. The highest BCUT2D eigenvalue weighted by atomic mass is 16.3. The average Bonchev–Trinajstić information content (AvgIpc) is 2.26. The van der Waals surface area contributed by atoms with Crippen LogP contribution in [0.1, 0.15) is 23.7 Å². The first kappa shape index (κ1) is 11.5. The molecule has 0 unspecified atom stereocenters. The van der Waals surface area contributed by atoms with Gasteiger partial charge in [-0.2, -0.15) is 0 Å². The van der Waals surface area contributed by atoms with Crippen molar-refractivity contribution >= 4 is 11.6 Å². The second-order valence-corrected chi connectivity index (χ2v) is 3.29. The van der Waals surface area contributed by atoms with Crippen molar-refractivity contribution < 1.29 is 9.90 Å². The van der Waals surface area contributed by atoms with Crippen LogP contribution in [0.5, 0.6) is 0 Å². The van der Waals surface area contributed by atoms with Gasteiger partial charge in [-0.05, 0) is 18.6 Å². The molecule has 4 nitrogen and oxygen atoms in total. The predicted octanol–water partition coefficient (Wildman–Crippen LogP) is 0.952. The molecule has 0 atom stereocenters. The number of primary amides is 1. The molecule has 0 aliphatic heterocycles. The molecule has 4 heteroatoms. The van der Waals surface area contributed by atoms with E-state index in [1.54, 1.807) is 23.1 Å². The minimum atomic E-state index is -0.472. The number of benzene rings is 1. The van der Waals surface area contributed by atoms with Crippen molar-refractivity contribution in [1.29, 1.82) is 0 Å². The van der Waals surface area contributed by atoms with E-state index in [-0.39, 0.29) is 6.73 Å². The van der Waals surface area contributed by atoms with Gasteiger partial charge < -0.3 is 15.7 Å². The fourth-order valence-electron chi connectivity index (χ4n) is 1.50. The molecule has 0 bridgehead atoms. The highest BCUT2D eigenvalue weighted by Crippen LogP contribution is 2.19. The maximum atomic E-state index is 11.2. The van der Waals surface area contributed by atoms with Crippen molar-refractivity contribution in [2.45, 2.75) is 13.3 Å². The highest BCUT2D eigenvalue weighted by molar-refractivity contribution is 5.98. The van der Waals surface area contributed by atoms with Gasteiger partial charge in [-0.1, -0.05) is 19.1 Å². The Hall–Kier alpha value is -1.55. The number of nitrogens with zero attached hydrogens (tertiary/aromatic N) is 1. The van der Waals surface area contributed by atoms with Crippen molar-refractivity contribution in [3.63, 3.8) is 0 Å². The lowest BCUT2D eigenvalue weighted by molar-refractivity contribution is 0.100. The lowest BCUT2D eigenvalue weighted by atomic mass is 10.1. The summed E-state index contributed by atoms with van der Waals surface area (Å²) in [6.45, 7) is 2.59. The van der Waals surface area contributed by atoms with Crippen molar-refractivity contribution in [2.75, 3.05) is 18.2 Å². The van der Waals surface area contributed by atoms with E-state index >= 15 is 0 Å². The zero-order valence-corrected chi connectivity index (χ0v) is 8.81. The van der Waals surface area contributed by atoms with E-state index in [1.165, 1.54) is 0 Å². The zero-order valence-electron chi connectivity index (χ0n) is 8.81. The van der Waals surface area contributed by atoms with E-state index in [2.05, 4.69) is 0 Å². The molecule has 0 heterocycles. The molecule has 0 aliphatic carbocycles. The number of carbonyl (C=O) groups excluding carboxylic acids is 1. The molecule has 0 aliphatic rings. The smallest absolute Gasteiger partial charge is 0.250 e. The topological polar surface area (TPSA) is 66.6 Å². The number of aliphatic hydroxyl groups is 1. The number of carbonyl (C=O) groups is 1. The van der Waals surface area contributed by atoms with Gasteiger partial charge in [0, 0.05) is 6.54 Å². The first-order chi connectivity index (χ1) is 7.20. The van der Waals surface area contributed by atoms with Crippen LogP contribution in [0.25, 0.3) is 0 Å². The summed E-state index contributed by atoms with van der Waals surface area (Å²) >= 11 is 0. The second kappa shape index (κ2) is 5.36. The second-order valence-electron chi connectivity index (χ2n) is 3.29. The van der Waals surface area contributed by atoms with Crippen LogP contribution in [0.15, 0.2) is 24.3 Å². The normalized spacial score (nSPS) is 10.0. The molecule has 1 aromatic carbocycles. The first-order valence-corrected chi connectivity index (χ1v) is 4.95. The van der Waals surface area contributed by atoms with Gasteiger partial charge in [-0.15, -0.1) is 0 Å². The molecular weight excluding hydrogens is 192 g/mol. The van der Waals surface area contributed by atoms with Crippen molar-refractivity contribution in [3.8, 4) is 0 Å². The molecule has 0 fully saturated rings. The molecule has 3 N–H and O–H groups in total. The third-order valence-corrected chi connectivity index (χ3v) is 2.17. The van der Waals surface area contributed by atoms with Gasteiger partial charge in [0.15, 0.2) is 0 Å². The number of para-hydroxylation sites is 1. The number of amides is 1. The van der Waals surface area contributed by atoms with Crippen LogP contribution in [0.4, 0.5) is 5.69 Å². The molecule has 15 heavy (non-hydrogen) atoms. The van der Waals surface area contributed by atoms with Crippen LogP contribution in [-0.2, 0) is 0 Å². The Morgan fingerprint density at radius 3 is 2.67 bits per heavy atom. The maximum Gasteiger partial charge on any atom is 0.250 e. The summed E-state index contributed by atoms with van der Waals surface area (Å²) in [5, 5.41) is 9.19. The van der Waals surface area contributed by atoms with E-state index in [0.717, 1.165) is 6.42 Å². The Labute approximate surface area is 89.3 Å². The molecule has 1 amide bonds. The Kier molecular flexibility index (Phi) is 4.12. The molecule has 0 aromatic heterocycles. The maximum absolute atomic E-state index is 11.2. The van der Waals surface area contributed by atoms with Gasteiger partial charge in [-0.25, -0.2) is 0 Å². The Balaban J connectivity index is 3.04. The van der Waals surface area contributed by atoms with E-state index < -0.39 is 5.91 Å². The third kappa shape index (κ3) is 2.70. The predicted molar refractivity (Wildman–Crippen MR) is 59.7 cm³/mol.